The van der Waals surface area contributed by atoms with Gasteiger partial charge in [0.2, 0.25) is 0 Å². The van der Waals surface area contributed by atoms with Crippen molar-refractivity contribution in [2.24, 2.45) is 0 Å². The second-order valence-electron chi connectivity index (χ2n) is 8.15. The maximum atomic E-state index is 12.9. The number of H-pyrrole nitrogens is 1. The van der Waals surface area contributed by atoms with Gasteiger partial charge in [0.1, 0.15) is 0 Å². The van der Waals surface area contributed by atoms with E-state index in [-0.39, 0.29) is 17.5 Å². The highest BCUT2D eigenvalue weighted by atomic mass is 79.9. The smallest absolute Gasteiger partial charge is 0.256 e. The molecule has 8 heteroatoms. The minimum atomic E-state index is -0.238. The summed E-state index contributed by atoms with van der Waals surface area (Å²) in [7, 11) is 0. The summed E-state index contributed by atoms with van der Waals surface area (Å²) in [6, 6.07) is 5.54. The van der Waals surface area contributed by atoms with Crippen LogP contribution in [0.25, 0.3) is 11.6 Å². The SMILES string of the molecule is CC(=O)c1c(/C=C2\C(=O)Nc3ccc(Br)cc32)[nH]c(C(=O)CCCN2CCOCC2)c1C. The summed E-state index contributed by atoms with van der Waals surface area (Å²) < 4.78 is 6.21. The Labute approximate surface area is 195 Å². The first-order valence-corrected chi connectivity index (χ1v) is 11.5. The van der Waals surface area contributed by atoms with Crippen LogP contribution in [0.1, 0.15) is 57.4 Å². The lowest BCUT2D eigenvalue weighted by molar-refractivity contribution is -0.110. The molecule has 0 spiro atoms. The van der Waals surface area contributed by atoms with Crippen molar-refractivity contribution in [2.75, 3.05) is 38.2 Å². The zero-order valence-corrected chi connectivity index (χ0v) is 19.8. The van der Waals surface area contributed by atoms with Gasteiger partial charge in [-0.3, -0.25) is 19.3 Å². The van der Waals surface area contributed by atoms with Gasteiger partial charge in [-0.05, 0) is 56.7 Å². The van der Waals surface area contributed by atoms with Crippen LogP contribution in [0.15, 0.2) is 22.7 Å². The quantitative estimate of drug-likeness (QED) is 0.442. The number of fused-ring (bicyclic) bond motifs is 1. The summed E-state index contributed by atoms with van der Waals surface area (Å²) in [4.78, 5) is 43.4. The van der Waals surface area contributed by atoms with E-state index in [2.05, 4.69) is 31.1 Å². The van der Waals surface area contributed by atoms with Crippen LogP contribution in [-0.2, 0) is 9.53 Å². The lowest BCUT2D eigenvalue weighted by atomic mass is 10.0. The largest absolute Gasteiger partial charge is 0.379 e. The predicted molar refractivity (Wildman–Crippen MR) is 127 cm³/mol. The number of carbonyl (C=O) groups excluding carboxylic acids is 3. The number of nitrogens with zero attached hydrogens (tertiary/aromatic N) is 1. The topological polar surface area (TPSA) is 91.5 Å². The fraction of sp³-hybridized carbons (Fsp3) is 0.375. The number of carbonyl (C=O) groups is 3. The number of Topliss-reactive ketones (excluding diaryl/α,β-unsaturated/α-hetero) is 2. The highest BCUT2D eigenvalue weighted by Crippen LogP contribution is 2.36. The van der Waals surface area contributed by atoms with Gasteiger partial charge in [-0.25, -0.2) is 0 Å². The van der Waals surface area contributed by atoms with E-state index < -0.39 is 0 Å². The molecule has 2 aromatic rings. The average Bonchev–Trinajstić information content (AvgIpc) is 3.25. The number of aromatic nitrogens is 1. The fourth-order valence-electron chi connectivity index (χ4n) is 4.32. The molecular weight excluding hydrogens is 474 g/mol. The third-order valence-electron chi connectivity index (χ3n) is 5.95. The zero-order valence-electron chi connectivity index (χ0n) is 18.2. The molecule has 7 nitrogen and oxygen atoms in total. The molecule has 0 bridgehead atoms. The van der Waals surface area contributed by atoms with Crippen molar-refractivity contribution in [3.63, 3.8) is 0 Å². The Bertz CT molecular complexity index is 1110. The lowest BCUT2D eigenvalue weighted by Crippen LogP contribution is -2.36. The van der Waals surface area contributed by atoms with Crippen molar-refractivity contribution in [3.8, 4) is 0 Å². The Morgan fingerprint density at radius 3 is 2.72 bits per heavy atom. The van der Waals surface area contributed by atoms with E-state index in [9.17, 15) is 14.4 Å². The molecule has 0 atom stereocenters. The zero-order chi connectivity index (χ0) is 22.8. The molecule has 3 heterocycles. The summed E-state index contributed by atoms with van der Waals surface area (Å²) in [5, 5.41) is 2.84. The van der Waals surface area contributed by atoms with Crippen molar-refractivity contribution in [3.05, 3.63) is 50.8 Å². The van der Waals surface area contributed by atoms with Crippen LogP contribution in [0.3, 0.4) is 0 Å². The van der Waals surface area contributed by atoms with E-state index in [1.165, 1.54) is 6.92 Å². The summed E-state index contributed by atoms with van der Waals surface area (Å²) in [5.74, 6) is -0.411. The number of ketones is 2. The Balaban J connectivity index is 1.59. The second kappa shape index (κ2) is 9.52. The highest BCUT2D eigenvalue weighted by Gasteiger charge is 2.27. The average molecular weight is 500 g/mol. The lowest BCUT2D eigenvalue weighted by Gasteiger charge is -2.26. The molecule has 1 amide bonds. The second-order valence-corrected chi connectivity index (χ2v) is 9.07. The number of hydrogen-bond donors (Lipinski definition) is 2. The molecule has 1 aromatic carbocycles. The van der Waals surface area contributed by atoms with E-state index >= 15 is 0 Å². The van der Waals surface area contributed by atoms with Crippen LogP contribution in [0.2, 0.25) is 0 Å². The van der Waals surface area contributed by atoms with Gasteiger partial charge in [0.15, 0.2) is 11.6 Å². The minimum absolute atomic E-state index is 0.0260. The van der Waals surface area contributed by atoms with Gasteiger partial charge >= 0.3 is 0 Å². The van der Waals surface area contributed by atoms with Crippen LogP contribution < -0.4 is 5.32 Å². The number of halogens is 1. The van der Waals surface area contributed by atoms with Crippen molar-refractivity contribution < 1.29 is 19.1 Å². The Hall–Kier alpha value is -2.55. The van der Waals surface area contributed by atoms with Gasteiger partial charge in [0.05, 0.1) is 30.2 Å². The number of ether oxygens (including phenoxy) is 1. The number of aromatic amines is 1. The van der Waals surface area contributed by atoms with Gasteiger partial charge in [-0.1, -0.05) is 15.9 Å². The Morgan fingerprint density at radius 1 is 1.25 bits per heavy atom. The Morgan fingerprint density at radius 2 is 2.00 bits per heavy atom. The van der Waals surface area contributed by atoms with Crippen molar-refractivity contribution in [2.45, 2.75) is 26.7 Å². The molecular formula is C24H26BrN3O4. The summed E-state index contributed by atoms with van der Waals surface area (Å²) in [6.45, 7) is 7.35. The molecule has 2 N–H and O–H groups in total. The molecule has 0 unspecified atom stereocenters. The Kier molecular flexibility index (Phi) is 6.74. The highest BCUT2D eigenvalue weighted by molar-refractivity contribution is 9.10. The molecule has 2 aliphatic rings. The first kappa shape index (κ1) is 22.6. The molecule has 2 aliphatic heterocycles. The van der Waals surface area contributed by atoms with Crippen LogP contribution in [0.5, 0.6) is 0 Å². The number of anilines is 1. The molecule has 168 valence electrons. The van der Waals surface area contributed by atoms with E-state index in [0.29, 0.717) is 34.5 Å². The molecule has 0 radical (unpaired) electrons. The standard InChI is InChI=1S/C24H26BrN3O4/c1-14-22(15(2)29)20(13-18-17-12-16(25)5-6-19(17)27-24(18)31)26-23(14)21(30)4-3-7-28-8-10-32-11-9-28/h5-6,12-13,26H,3-4,7-11H2,1-2H3,(H,27,31)/b18-13-. The van der Waals surface area contributed by atoms with Crippen LogP contribution in [0.4, 0.5) is 5.69 Å². The van der Waals surface area contributed by atoms with Crippen molar-refractivity contribution in [1.82, 2.24) is 9.88 Å². The normalized spacial score (nSPS) is 17.5. The van der Waals surface area contributed by atoms with Crippen LogP contribution in [-0.4, -0.2) is 60.2 Å². The number of amides is 1. The van der Waals surface area contributed by atoms with Gasteiger partial charge in [-0.15, -0.1) is 0 Å². The monoisotopic (exact) mass is 499 g/mol. The molecule has 0 aliphatic carbocycles. The molecule has 1 saturated heterocycles. The van der Waals surface area contributed by atoms with Gasteiger partial charge in [0.25, 0.3) is 5.91 Å². The van der Waals surface area contributed by atoms with Crippen LogP contribution >= 0.6 is 15.9 Å². The van der Waals surface area contributed by atoms with Gasteiger partial charge < -0.3 is 15.0 Å². The fourth-order valence-corrected chi connectivity index (χ4v) is 4.68. The summed E-state index contributed by atoms with van der Waals surface area (Å²) in [6.07, 6.45) is 2.80. The van der Waals surface area contributed by atoms with Crippen molar-refractivity contribution in [1.29, 1.82) is 0 Å². The van der Waals surface area contributed by atoms with Crippen molar-refractivity contribution >= 4 is 50.7 Å². The van der Waals surface area contributed by atoms with E-state index in [1.807, 2.05) is 18.2 Å². The first-order chi connectivity index (χ1) is 15.3. The maximum Gasteiger partial charge on any atom is 0.256 e. The van der Waals surface area contributed by atoms with Gasteiger partial charge in [0, 0.05) is 40.8 Å². The molecule has 1 fully saturated rings. The van der Waals surface area contributed by atoms with Gasteiger partial charge in [-0.2, -0.15) is 0 Å². The third-order valence-corrected chi connectivity index (χ3v) is 6.44. The number of benzene rings is 1. The number of rotatable bonds is 7. The van der Waals surface area contributed by atoms with Crippen LogP contribution in [0, 0.1) is 6.92 Å². The third kappa shape index (κ3) is 4.62. The number of morpholine rings is 1. The number of hydrogen-bond acceptors (Lipinski definition) is 5. The summed E-state index contributed by atoms with van der Waals surface area (Å²) >= 11 is 3.44. The number of nitrogens with one attached hydrogen (secondary N) is 2. The molecule has 0 saturated carbocycles. The predicted octanol–water partition coefficient (Wildman–Crippen LogP) is 4.08. The first-order valence-electron chi connectivity index (χ1n) is 10.7. The molecule has 32 heavy (non-hydrogen) atoms. The molecule has 1 aromatic heterocycles. The maximum absolute atomic E-state index is 12.9. The van der Waals surface area contributed by atoms with E-state index in [1.54, 1.807) is 13.0 Å². The summed E-state index contributed by atoms with van der Waals surface area (Å²) in [5.41, 5.74) is 3.94. The minimum Gasteiger partial charge on any atom is -0.379 e. The van der Waals surface area contributed by atoms with E-state index in [4.69, 9.17) is 4.74 Å². The molecule has 4 rings (SSSR count). The van der Waals surface area contributed by atoms with E-state index in [0.717, 1.165) is 55.0 Å².